The van der Waals surface area contributed by atoms with Gasteiger partial charge in [-0.05, 0) is 56.3 Å². The summed E-state index contributed by atoms with van der Waals surface area (Å²) >= 11 is 0. The van der Waals surface area contributed by atoms with Crippen molar-refractivity contribution in [2.75, 3.05) is 13.2 Å². The van der Waals surface area contributed by atoms with Crippen LogP contribution in [0.4, 0.5) is 0 Å². The van der Waals surface area contributed by atoms with Gasteiger partial charge in [-0.25, -0.2) is 0 Å². The molecule has 2 heteroatoms. The lowest BCUT2D eigenvalue weighted by Crippen LogP contribution is -2.37. The first kappa shape index (κ1) is 14.6. The molecule has 0 radical (unpaired) electrons. The molecule has 2 aliphatic carbocycles. The Morgan fingerprint density at radius 2 is 1.80 bits per heavy atom. The molecule has 1 aliphatic heterocycles. The zero-order chi connectivity index (χ0) is 14.0. The van der Waals surface area contributed by atoms with E-state index in [4.69, 9.17) is 9.47 Å². The summed E-state index contributed by atoms with van der Waals surface area (Å²) in [7, 11) is 0. The standard InChI is InChI=1S/C18H30O2/c1-3-4-15-5-6-17(13-14(15)2)16-7-9-18(10-8-16)19-11-12-20-18/h4,14,16-17H,3,5-13H2,1-2H3. The molecule has 0 bridgehead atoms. The molecule has 0 N–H and O–H groups in total. The Hall–Kier alpha value is -0.340. The third-order valence-corrected chi connectivity index (χ3v) is 5.83. The molecule has 3 fully saturated rings. The molecule has 2 saturated carbocycles. The second-order valence-corrected chi connectivity index (χ2v) is 7.07. The summed E-state index contributed by atoms with van der Waals surface area (Å²) in [4.78, 5) is 0. The van der Waals surface area contributed by atoms with Gasteiger partial charge in [0.2, 0.25) is 0 Å². The molecule has 3 aliphatic rings. The minimum Gasteiger partial charge on any atom is -0.348 e. The van der Waals surface area contributed by atoms with Gasteiger partial charge in [0.25, 0.3) is 0 Å². The minimum atomic E-state index is -0.177. The van der Waals surface area contributed by atoms with Crippen molar-refractivity contribution in [3.63, 3.8) is 0 Å². The van der Waals surface area contributed by atoms with Gasteiger partial charge >= 0.3 is 0 Å². The first-order chi connectivity index (χ1) is 9.72. The Kier molecular flexibility index (Phi) is 4.52. The van der Waals surface area contributed by atoms with E-state index in [1.54, 1.807) is 5.57 Å². The van der Waals surface area contributed by atoms with Crippen LogP contribution in [0.3, 0.4) is 0 Å². The van der Waals surface area contributed by atoms with Crippen molar-refractivity contribution in [2.45, 2.75) is 71.0 Å². The summed E-state index contributed by atoms with van der Waals surface area (Å²) in [6.45, 7) is 6.29. The Morgan fingerprint density at radius 3 is 2.40 bits per heavy atom. The van der Waals surface area contributed by atoms with E-state index >= 15 is 0 Å². The van der Waals surface area contributed by atoms with E-state index in [0.29, 0.717) is 0 Å². The van der Waals surface area contributed by atoms with Gasteiger partial charge in [-0.2, -0.15) is 0 Å². The molecular formula is C18H30O2. The molecule has 1 heterocycles. The fourth-order valence-electron chi connectivity index (χ4n) is 4.65. The fraction of sp³-hybridized carbons (Fsp3) is 0.889. The summed E-state index contributed by atoms with van der Waals surface area (Å²) in [5.41, 5.74) is 1.72. The smallest absolute Gasteiger partial charge is 0.168 e. The second-order valence-electron chi connectivity index (χ2n) is 7.07. The van der Waals surface area contributed by atoms with Gasteiger partial charge in [0, 0.05) is 12.8 Å². The molecule has 1 spiro atoms. The Labute approximate surface area is 123 Å². The summed E-state index contributed by atoms with van der Waals surface area (Å²) in [5.74, 6) is 2.49. The van der Waals surface area contributed by atoms with Crippen LogP contribution in [0.5, 0.6) is 0 Å². The van der Waals surface area contributed by atoms with Crippen LogP contribution in [0, 0.1) is 17.8 Å². The van der Waals surface area contributed by atoms with Crippen LogP contribution in [-0.4, -0.2) is 19.0 Å². The maximum absolute atomic E-state index is 5.86. The molecule has 114 valence electrons. The molecule has 0 aromatic heterocycles. The van der Waals surface area contributed by atoms with Gasteiger partial charge in [-0.1, -0.05) is 25.5 Å². The average molecular weight is 278 g/mol. The highest BCUT2D eigenvalue weighted by atomic mass is 16.7. The third-order valence-electron chi connectivity index (χ3n) is 5.83. The summed E-state index contributed by atoms with van der Waals surface area (Å²) in [6.07, 6.45) is 12.7. The van der Waals surface area contributed by atoms with Crippen molar-refractivity contribution in [2.24, 2.45) is 17.8 Å². The molecule has 3 rings (SSSR count). The highest BCUT2D eigenvalue weighted by molar-refractivity contribution is 5.09. The summed E-state index contributed by atoms with van der Waals surface area (Å²) in [5, 5.41) is 0. The van der Waals surface area contributed by atoms with E-state index in [1.165, 1.54) is 38.5 Å². The fourth-order valence-corrected chi connectivity index (χ4v) is 4.65. The van der Waals surface area contributed by atoms with Gasteiger partial charge in [-0.15, -0.1) is 0 Å². The summed E-state index contributed by atoms with van der Waals surface area (Å²) in [6, 6.07) is 0. The van der Waals surface area contributed by atoms with Gasteiger partial charge in [0.05, 0.1) is 13.2 Å². The van der Waals surface area contributed by atoms with E-state index in [0.717, 1.165) is 43.8 Å². The van der Waals surface area contributed by atoms with Crippen LogP contribution in [-0.2, 0) is 9.47 Å². The molecule has 2 atom stereocenters. The Balaban J connectivity index is 1.53. The Morgan fingerprint density at radius 1 is 1.10 bits per heavy atom. The first-order valence-electron chi connectivity index (χ1n) is 8.69. The van der Waals surface area contributed by atoms with Crippen molar-refractivity contribution < 1.29 is 9.47 Å². The van der Waals surface area contributed by atoms with Crippen molar-refractivity contribution in [1.29, 1.82) is 0 Å². The molecular weight excluding hydrogens is 248 g/mol. The predicted molar refractivity (Wildman–Crippen MR) is 81.5 cm³/mol. The third kappa shape index (κ3) is 2.96. The van der Waals surface area contributed by atoms with E-state index in [9.17, 15) is 0 Å². The molecule has 1 saturated heterocycles. The van der Waals surface area contributed by atoms with E-state index in [2.05, 4.69) is 19.9 Å². The van der Waals surface area contributed by atoms with Crippen molar-refractivity contribution in [3.05, 3.63) is 11.6 Å². The molecule has 20 heavy (non-hydrogen) atoms. The SMILES string of the molecule is CCC=C1CCC(C2CCC3(CC2)OCCO3)CC1C. The molecule has 2 nitrogen and oxygen atoms in total. The number of ether oxygens (including phenoxy) is 2. The average Bonchev–Trinajstić information content (AvgIpc) is 2.91. The Bertz CT molecular complexity index is 344. The number of hydrogen-bond donors (Lipinski definition) is 0. The highest BCUT2D eigenvalue weighted by Crippen LogP contribution is 2.46. The monoisotopic (exact) mass is 278 g/mol. The van der Waals surface area contributed by atoms with Gasteiger partial charge < -0.3 is 9.47 Å². The van der Waals surface area contributed by atoms with Crippen LogP contribution in [0.25, 0.3) is 0 Å². The van der Waals surface area contributed by atoms with E-state index in [1.807, 2.05) is 0 Å². The quantitative estimate of drug-likeness (QED) is 0.682. The maximum Gasteiger partial charge on any atom is 0.168 e. The van der Waals surface area contributed by atoms with Crippen molar-refractivity contribution in [3.8, 4) is 0 Å². The number of rotatable bonds is 2. The lowest BCUT2D eigenvalue weighted by Gasteiger charge is -2.41. The first-order valence-corrected chi connectivity index (χ1v) is 8.69. The molecule has 0 amide bonds. The van der Waals surface area contributed by atoms with Crippen LogP contribution < -0.4 is 0 Å². The van der Waals surface area contributed by atoms with E-state index < -0.39 is 0 Å². The largest absolute Gasteiger partial charge is 0.348 e. The van der Waals surface area contributed by atoms with E-state index in [-0.39, 0.29) is 5.79 Å². The van der Waals surface area contributed by atoms with Crippen LogP contribution in [0.1, 0.15) is 65.2 Å². The minimum absolute atomic E-state index is 0.177. The molecule has 0 aromatic carbocycles. The van der Waals surface area contributed by atoms with Crippen LogP contribution in [0.2, 0.25) is 0 Å². The molecule has 2 unspecified atom stereocenters. The van der Waals surface area contributed by atoms with Crippen LogP contribution in [0.15, 0.2) is 11.6 Å². The normalized spacial score (nSPS) is 36.8. The second kappa shape index (κ2) is 6.19. The van der Waals surface area contributed by atoms with Gasteiger partial charge in [0.15, 0.2) is 5.79 Å². The predicted octanol–water partition coefficient (Wildman–Crippen LogP) is 4.69. The highest BCUT2D eigenvalue weighted by Gasteiger charge is 2.42. The van der Waals surface area contributed by atoms with Crippen molar-refractivity contribution in [1.82, 2.24) is 0 Å². The zero-order valence-corrected chi connectivity index (χ0v) is 13.2. The number of allylic oxidation sites excluding steroid dienone is 2. The lowest BCUT2D eigenvalue weighted by molar-refractivity contribution is -0.185. The van der Waals surface area contributed by atoms with Crippen molar-refractivity contribution >= 4 is 0 Å². The maximum atomic E-state index is 5.86. The van der Waals surface area contributed by atoms with Crippen LogP contribution >= 0.6 is 0 Å². The summed E-state index contributed by atoms with van der Waals surface area (Å²) < 4.78 is 11.7. The van der Waals surface area contributed by atoms with Gasteiger partial charge in [0.1, 0.15) is 0 Å². The number of hydrogen-bond acceptors (Lipinski definition) is 2. The topological polar surface area (TPSA) is 18.5 Å². The molecule has 0 aromatic rings. The lowest BCUT2D eigenvalue weighted by atomic mass is 9.68. The zero-order valence-electron chi connectivity index (χ0n) is 13.2. The van der Waals surface area contributed by atoms with Gasteiger partial charge in [-0.3, -0.25) is 0 Å².